The van der Waals surface area contributed by atoms with Crippen LogP contribution < -0.4 is 25.5 Å². The summed E-state index contributed by atoms with van der Waals surface area (Å²) in [5.41, 5.74) is 3.51. The Kier molecular flexibility index (Phi) is 9.52. The van der Waals surface area contributed by atoms with E-state index in [4.69, 9.17) is 44.3 Å². The molecule has 3 N–H and O–H groups in total. The number of carbonyl (C=O) groups is 3. The van der Waals surface area contributed by atoms with E-state index in [-0.39, 0.29) is 6.61 Å². The van der Waals surface area contributed by atoms with Crippen molar-refractivity contribution in [2.45, 2.75) is 0 Å². The van der Waals surface area contributed by atoms with Crippen LogP contribution in [0.25, 0.3) is 0 Å². The molecule has 0 atom stereocenters. The van der Waals surface area contributed by atoms with Gasteiger partial charge < -0.3 is 20.1 Å². The highest BCUT2D eigenvalue weighted by Gasteiger charge is 2.13. The first-order valence-corrected chi connectivity index (χ1v) is 11.3. The zero-order valence-corrected chi connectivity index (χ0v) is 20.9. The Hall–Kier alpha value is -3.79. The van der Waals surface area contributed by atoms with Crippen LogP contribution in [0.4, 0.5) is 11.4 Å². The van der Waals surface area contributed by atoms with Gasteiger partial charge in [0.05, 0.1) is 23.4 Å². The van der Waals surface area contributed by atoms with Crippen LogP contribution in [0.15, 0.2) is 65.8 Å². The molecule has 186 valence electrons. The summed E-state index contributed by atoms with van der Waals surface area (Å²) in [4.78, 5) is 36.1. The van der Waals surface area contributed by atoms with Gasteiger partial charge in [0.15, 0.2) is 18.1 Å². The van der Waals surface area contributed by atoms with Gasteiger partial charge in [-0.3, -0.25) is 14.4 Å². The number of benzene rings is 3. The van der Waals surface area contributed by atoms with Gasteiger partial charge in [0.25, 0.3) is 5.91 Å². The van der Waals surface area contributed by atoms with E-state index in [2.05, 4.69) is 21.2 Å². The van der Waals surface area contributed by atoms with E-state index < -0.39 is 17.7 Å². The number of hydrazone groups is 1. The number of hydrogen-bond acceptors (Lipinski definition) is 6. The lowest BCUT2D eigenvalue weighted by atomic mass is 10.2. The third-order valence-corrected chi connectivity index (χ3v) is 5.39. The van der Waals surface area contributed by atoms with E-state index in [0.717, 1.165) is 0 Å². The van der Waals surface area contributed by atoms with E-state index in [0.29, 0.717) is 43.5 Å². The van der Waals surface area contributed by atoms with Crippen molar-refractivity contribution >= 4 is 70.1 Å². The molecule has 3 amide bonds. The van der Waals surface area contributed by atoms with Gasteiger partial charge in [-0.15, -0.1) is 0 Å². The third kappa shape index (κ3) is 7.88. The van der Waals surface area contributed by atoms with Crippen molar-refractivity contribution in [3.05, 3.63) is 81.3 Å². The minimum absolute atomic E-state index is 0.290. The Morgan fingerprint density at radius 1 is 0.861 bits per heavy atom. The van der Waals surface area contributed by atoms with Gasteiger partial charge in [-0.1, -0.05) is 40.9 Å². The first-order chi connectivity index (χ1) is 17.2. The Morgan fingerprint density at radius 2 is 1.64 bits per heavy atom. The lowest BCUT2D eigenvalue weighted by molar-refractivity contribution is -0.136. The summed E-state index contributed by atoms with van der Waals surface area (Å²) in [6.07, 6.45) is 1.31. The largest absolute Gasteiger partial charge is 0.493 e. The number of nitrogens with zero attached hydrogens (tertiary/aromatic N) is 1. The summed E-state index contributed by atoms with van der Waals surface area (Å²) in [5, 5.41) is 9.93. The average molecular weight is 550 g/mol. The van der Waals surface area contributed by atoms with E-state index in [1.165, 1.54) is 25.5 Å². The summed E-state index contributed by atoms with van der Waals surface area (Å²) in [6, 6.07) is 15.8. The molecule has 0 heterocycles. The highest BCUT2D eigenvalue weighted by Crippen LogP contribution is 2.28. The van der Waals surface area contributed by atoms with Crippen LogP contribution in [0.1, 0.15) is 5.56 Å². The third-order valence-electron chi connectivity index (χ3n) is 4.42. The zero-order chi connectivity index (χ0) is 26.1. The lowest BCUT2D eigenvalue weighted by Gasteiger charge is -2.11. The average Bonchev–Trinajstić information content (AvgIpc) is 2.85. The second kappa shape index (κ2) is 12.8. The highest BCUT2D eigenvalue weighted by atomic mass is 35.5. The Morgan fingerprint density at radius 3 is 2.36 bits per heavy atom. The number of rotatable bonds is 8. The first kappa shape index (κ1) is 26.8. The zero-order valence-electron chi connectivity index (χ0n) is 18.7. The van der Waals surface area contributed by atoms with E-state index in [1.807, 2.05) is 0 Å². The maximum absolute atomic E-state index is 12.2. The van der Waals surface area contributed by atoms with Crippen LogP contribution in [0, 0.1) is 0 Å². The van der Waals surface area contributed by atoms with Crippen molar-refractivity contribution < 1.29 is 23.9 Å². The molecule has 0 aliphatic carbocycles. The van der Waals surface area contributed by atoms with Gasteiger partial charge in [0.1, 0.15) is 0 Å². The van der Waals surface area contributed by atoms with Crippen molar-refractivity contribution in [1.29, 1.82) is 0 Å². The first-order valence-electron chi connectivity index (χ1n) is 10.2. The summed E-state index contributed by atoms with van der Waals surface area (Å²) in [5.74, 6) is -1.66. The van der Waals surface area contributed by atoms with Crippen LogP contribution in [0.5, 0.6) is 11.5 Å². The molecule has 0 radical (unpaired) electrons. The Bertz CT molecular complexity index is 1320. The van der Waals surface area contributed by atoms with Crippen molar-refractivity contribution in [1.82, 2.24) is 5.43 Å². The predicted octanol–water partition coefficient (Wildman–Crippen LogP) is 4.76. The second-order valence-corrected chi connectivity index (χ2v) is 8.29. The SMILES string of the molecule is COc1cc(/C=N\NC(=O)C(=O)Nc2cccc(Cl)c2)ccc1OCC(=O)Nc1ccc(Cl)c(Cl)c1. The van der Waals surface area contributed by atoms with Crippen LogP contribution in [0.3, 0.4) is 0 Å². The fraction of sp³-hybridized carbons (Fsp3) is 0.0833. The molecular weight excluding hydrogens is 531 g/mol. The maximum atomic E-state index is 12.2. The van der Waals surface area contributed by atoms with Crippen LogP contribution in [0.2, 0.25) is 15.1 Å². The summed E-state index contributed by atoms with van der Waals surface area (Å²) in [7, 11) is 1.43. The molecule has 3 aromatic rings. The molecule has 12 heteroatoms. The molecule has 36 heavy (non-hydrogen) atoms. The Balaban J connectivity index is 1.53. The van der Waals surface area contributed by atoms with Crippen molar-refractivity contribution in [2.24, 2.45) is 5.10 Å². The number of anilines is 2. The van der Waals surface area contributed by atoms with E-state index in [9.17, 15) is 14.4 Å². The monoisotopic (exact) mass is 548 g/mol. The maximum Gasteiger partial charge on any atom is 0.329 e. The van der Waals surface area contributed by atoms with Gasteiger partial charge in [0.2, 0.25) is 0 Å². The molecule has 0 aliphatic heterocycles. The fourth-order valence-electron chi connectivity index (χ4n) is 2.77. The molecule has 0 bridgehead atoms. The summed E-state index contributed by atoms with van der Waals surface area (Å²) in [6.45, 7) is -0.290. The van der Waals surface area contributed by atoms with Gasteiger partial charge in [-0.05, 0) is 60.2 Å². The molecule has 0 spiro atoms. The highest BCUT2D eigenvalue weighted by molar-refractivity contribution is 6.42. The molecular formula is C24H19Cl3N4O5. The van der Waals surface area contributed by atoms with Crippen molar-refractivity contribution in [3.8, 4) is 11.5 Å². The number of amides is 3. The van der Waals surface area contributed by atoms with Crippen LogP contribution >= 0.6 is 34.8 Å². The number of ether oxygens (including phenoxy) is 2. The van der Waals surface area contributed by atoms with Crippen molar-refractivity contribution in [2.75, 3.05) is 24.4 Å². The number of hydrogen-bond donors (Lipinski definition) is 3. The molecule has 0 saturated heterocycles. The molecule has 0 saturated carbocycles. The number of nitrogens with one attached hydrogen (secondary N) is 3. The van der Waals surface area contributed by atoms with Gasteiger partial charge in [-0.2, -0.15) is 5.10 Å². The molecule has 3 rings (SSSR count). The minimum Gasteiger partial charge on any atom is -0.493 e. The topological polar surface area (TPSA) is 118 Å². The van der Waals surface area contributed by atoms with Crippen molar-refractivity contribution in [3.63, 3.8) is 0 Å². The van der Waals surface area contributed by atoms with Gasteiger partial charge >= 0.3 is 11.8 Å². The summed E-state index contributed by atoms with van der Waals surface area (Å²) < 4.78 is 10.8. The van der Waals surface area contributed by atoms with E-state index >= 15 is 0 Å². The number of carbonyl (C=O) groups excluding carboxylic acids is 3. The standard InChI is InChI=1S/C24H19Cl3N4O5/c1-35-21-9-14(12-28-31-24(34)23(33)30-16-4-2-3-15(25)10-16)5-8-20(21)36-13-22(32)29-17-6-7-18(26)19(27)11-17/h2-12H,13H2,1H3,(H,29,32)(H,30,33)(H,31,34)/b28-12-. The molecule has 9 nitrogen and oxygen atoms in total. The van der Waals surface area contributed by atoms with E-state index in [1.54, 1.807) is 48.5 Å². The molecule has 0 aromatic heterocycles. The Labute approximate surface area is 221 Å². The quantitative estimate of drug-likeness (QED) is 0.213. The fourth-order valence-corrected chi connectivity index (χ4v) is 3.26. The molecule has 0 aliphatic rings. The predicted molar refractivity (Wildman–Crippen MR) is 139 cm³/mol. The number of halogens is 3. The summed E-state index contributed by atoms with van der Waals surface area (Å²) >= 11 is 17.7. The normalized spacial score (nSPS) is 10.6. The second-order valence-electron chi connectivity index (χ2n) is 7.04. The van der Waals surface area contributed by atoms with Crippen LogP contribution in [-0.2, 0) is 14.4 Å². The molecule has 0 unspecified atom stereocenters. The van der Waals surface area contributed by atoms with Gasteiger partial charge in [-0.25, -0.2) is 5.43 Å². The number of methoxy groups -OCH3 is 1. The van der Waals surface area contributed by atoms with Crippen LogP contribution in [-0.4, -0.2) is 37.7 Å². The van der Waals surface area contributed by atoms with Gasteiger partial charge in [0, 0.05) is 16.4 Å². The molecule has 0 fully saturated rings. The lowest BCUT2D eigenvalue weighted by Crippen LogP contribution is -2.32. The smallest absolute Gasteiger partial charge is 0.329 e. The molecule has 3 aromatic carbocycles. The minimum atomic E-state index is -0.967.